The van der Waals surface area contributed by atoms with Crippen LogP contribution in [0.3, 0.4) is 0 Å². The fraction of sp³-hybridized carbons (Fsp3) is 0.758. The van der Waals surface area contributed by atoms with Gasteiger partial charge in [0.2, 0.25) is 11.8 Å². The van der Waals surface area contributed by atoms with Gasteiger partial charge in [0.1, 0.15) is 0 Å². The van der Waals surface area contributed by atoms with E-state index in [1.807, 2.05) is 4.90 Å². The summed E-state index contributed by atoms with van der Waals surface area (Å²) >= 11 is 0. The first-order valence-electron chi connectivity index (χ1n) is 16.2. The van der Waals surface area contributed by atoms with Crippen LogP contribution in [0.4, 0.5) is 5.69 Å². The second-order valence-electron chi connectivity index (χ2n) is 15.7. The first-order valence-corrected chi connectivity index (χ1v) is 16.2. The molecule has 5 aliphatic heterocycles. The van der Waals surface area contributed by atoms with E-state index in [9.17, 15) is 9.59 Å². The number of carbonyl (C=O) groups is 2. The SMILES string of the molecule is CC1(C)CCN(C2CC(N3C(=O)C4(CCN(C(=O)[C@@H]5CCOC5)CC4)c4ccc(B5OC(C)(C)C(C)(C)O5)cc43)C2)C1. The van der Waals surface area contributed by atoms with Gasteiger partial charge in [0.25, 0.3) is 0 Å². The van der Waals surface area contributed by atoms with Crippen LogP contribution in [0.2, 0.25) is 0 Å². The molecular formula is C33H48BN3O5. The number of fused-ring (bicyclic) bond motifs is 2. The Morgan fingerprint density at radius 3 is 2.21 bits per heavy atom. The van der Waals surface area contributed by atoms with Gasteiger partial charge in [-0.05, 0) is 95.3 Å². The monoisotopic (exact) mass is 577 g/mol. The summed E-state index contributed by atoms with van der Waals surface area (Å²) in [7, 11) is -0.470. The third-order valence-corrected chi connectivity index (χ3v) is 11.8. The molecule has 0 aromatic heterocycles. The Kier molecular flexibility index (Phi) is 6.71. The molecule has 0 radical (unpaired) electrons. The molecule has 6 aliphatic rings. The third-order valence-electron chi connectivity index (χ3n) is 11.8. The van der Waals surface area contributed by atoms with Gasteiger partial charge in [-0.1, -0.05) is 26.0 Å². The van der Waals surface area contributed by atoms with Gasteiger partial charge < -0.3 is 23.8 Å². The van der Waals surface area contributed by atoms with Gasteiger partial charge in [-0.15, -0.1) is 0 Å². The molecule has 2 amide bonds. The van der Waals surface area contributed by atoms with Gasteiger partial charge >= 0.3 is 7.12 Å². The number of ether oxygens (including phenoxy) is 1. The predicted octanol–water partition coefficient (Wildman–Crippen LogP) is 3.49. The van der Waals surface area contributed by atoms with Gasteiger partial charge in [-0.2, -0.15) is 0 Å². The molecule has 0 bridgehead atoms. The number of hydrogen-bond donors (Lipinski definition) is 0. The first kappa shape index (κ1) is 28.8. The lowest BCUT2D eigenvalue weighted by atomic mass is 9.71. The number of amides is 2. The molecule has 8 nitrogen and oxygen atoms in total. The van der Waals surface area contributed by atoms with Crippen molar-refractivity contribution < 1.29 is 23.6 Å². The molecule has 42 heavy (non-hydrogen) atoms. The minimum absolute atomic E-state index is 0.0351. The second-order valence-corrected chi connectivity index (χ2v) is 15.7. The van der Waals surface area contributed by atoms with Crippen molar-refractivity contribution in [2.75, 3.05) is 44.3 Å². The molecule has 1 saturated carbocycles. The Labute approximate surface area is 251 Å². The smallest absolute Gasteiger partial charge is 0.399 e. The molecule has 1 aromatic rings. The highest BCUT2D eigenvalue weighted by Crippen LogP contribution is 2.51. The van der Waals surface area contributed by atoms with Crippen molar-refractivity contribution in [3.8, 4) is 0 Å². The Balaban J connectivity index is 1.16. The molecule has 1 aromatic carbocycles. The Morgan fingerprint density at radius 2 is 1.62 bits per heavy atom. The average molecular weight is 578 g/mol. The number of nitrogens with zero attached hydrogens (tertiary/aromatic N) is 3. The summed E-state index contributed by atoms with van der Waals surface area (Å²) < 4.78 is 18.3. The minimum atomic E-state index is -0.576. The number of benzene rings is 1. The summed E-state index contributed by atoms with van der Waals surface area (Å²) in [4.78, 5) is 34.6. The fourth-order valence-corrected chi connectivity index (χ4v) is 8.21. The van der Waals surface area contributed by atoms with Crippen molar-refractivity contribution >= 4 is 30.1 Å². The van der Waals surface area contributed by atoms with E-state index in [1.54, 1.807) is 0 Å². The Bertz CT molecular complexity index is 1240. The maximum Gasteiger partial charge on any atom is 0.494 e. The van der Waals surface area contributed by atoms with Crippen molar-refractivity contribution in [2.45, 2.75) is 109 Å². The molecule has 5 heterocycles. The van der Waals surface area contributed by atoms with Gasteiger partial charge in [-0.25, -0.2) is 0 Å². The molecular weight excluding hydrogens is 529 g/mol. The summed E-state index contributed by atoms with van der Waals surface area (Å²) in [6, 6.07) is 7.18. The number of likely N-dealkylation sites (tertiary alicyclic amines) is 2. The number of carbonyl (C=O) groups excluding carboxylic acids is 2. The van der Waals surface area contributed by atoms with Gasteiger partial charge in [-0.3, -0.25) is 14.5 Å². The van der Waals surface area contributed by atoms with Gasteiger partial charge in [0, 0.05) is 44.0 Å². The number of rotatable bonds is 4. The summed E-state index contributed by atoms with van der Waals surface area (Å²) in [6.07, 6.45) is 5.41. The molecule has 1 spiro atoms. The highest BCUT2D eigenvalue weighted by Gasteiger charge is 2.57. The van der Waals surface area contributed by atoms with E-state index in [2.05, 4.69) is 69.5 Å². The minimum Gasteiger partial charge on any atom is -0.399 e. The summed E-state index contributed by atoms with van der Waals surface area (Å²) in [6.45, 7) is 17.7. The van der Waals surface area contributed by atoms with Crippen molar-refractivity contribution in [3.63, 3.8) is 0 Å². The van der Waals surface area contributed by atoms with E-state index in [0.717, 1.165) is 49.1 Å². The summed E-state index contributed by atoms with van der Waals surface area (Å²) in [5.41, 5.74) is 2.06. The maximum atomic E-state index is 14.6. The van der Waals surface area contributed by atoms with Crippen molar-refractivity contribution in [1.82, 2.24) is 9.80 Å². The summed E-state index contributed by atoms with van der Waals surface area (Å²) in [5.74, 6) is 0.383. The Morgan fingerprint density at radius 1 is 0.929 bits per heavy atom. The molecule has 1 atom stereocenters. The normalized spacial score (nSPS) is 33.0. The average Bonchev–Trinajstić information content (AvgIpc) is 3.66. The van der Waals surface area contributed by atoms with Crippen LogP contribution in [0.15, 0.2) is 18.2 Å². The molecule has 7 rings (SSSR count). The van der Waals surface area contributed by atoms with E-state index in [-0.39, 0.29) is 23.8 Å². The zero-order chi connectivity index (χ0) is 29.7. The van der Waals surface area contributed by atoms with E-state index < -0.39 is 23.7 Å². The van der Waals surface area contributed by atoms with E-state index in [0.29, 0.717) is 50.6 Å². The zero-order valence-electron chi connectivity index (χ0n) is 26.4. The standard InChI is InChI=1S/C33H48BN3O5/c1-30(2)10-13-36(21-30)24-18-25(19-24)37-27-17-23(34-41-31(3,4)32(5,6)42-34)7-8-26(27)33(29(37)39)11-14-35(15-12-33)28(38)22-9-16-40-20-22/h7-8,17,22,24-25H,9-16,18-21H2,1-6H3/t22-,24?,25?/m1/s1. The van der Waals surface area contributed by atoms with E-state index in [4.69, 9.17) is 14.0 Å². The van der Waals surface area contributed by atoms with Crippen LogP contribution in [-0.2, 0) is 29.0 Å². The third kappa shape index (κ3) is 4.48. The zero-order valence-corrected chi connectivity index (χ0v) is 26.4. The lowest BCUT2D eigenvalue weighted by Gasteiger charge is -2.46. The highest BCUT2D eigenvalue weighted by molar-refractivity contribution is 6.62. The van der Waals surface area contributed by atoms with Crippen LogP contribution >= 0.6 is 0 Å². The fourth-order valence-electron chi connectivity index (χ4n) is 8.21. The second kappa shape index (κ2) is 9.78. The van der Waals surface area contributed by atoms with Crippen LogP contribution in [0, 0.1) is 11.3 Å². The number of hydrogen-bond acceptors (Lipinski definition) is 6. The Hall–Kier alpha value is -1.94. The molecule has 5 fully saturated rings. The van der Waals surface area contributed by atoms with Crippen LogP contribution in [-0.4, -0.2) is 91.4 Å². The molecule has 1 aliphatic carbocycles. The predicted molar refractivity (Wildman–Crippen MR) is 163 cm³/mol. The van der Waals surface area contributed by atoms with Crippen LogP contribution in [0.5, 0.6) is 0 Å². The topological polar surface area (TPSA) is 71.6 Å². The highest BCUT2D eigenvalue weighted by atomic mass is 16.7. The van der Waals surface area contributed by atoms with Crippen molar-refractivity contribution in [3.05, 3.63) is 23.8 Å². The molecule has 9 heteroatoms. The lowest BCUT2D eigenvalue weighted by Crippen LogP contribution is -2.58. The van der Waals surface area contributed by atoms with E-state index >= 15 is 0 Å². The van der Waals surface area contributed by atoms with Crippen LogP contribution < -0.4 is 10.4 Å². The first-order chi connectivity index (χ1) is 19.8. The van der Waals surface area contributed by atoms with Crippen LogP contribution in [0.25, 0.3) is 0 Å². The van der Waals surface area contributed by atoms with Gasteiger partial charge in [0.05, 0.1) is 29.1 Å². The van der Waals surface area contributed by atoms with Crippen molar-refractivity contribution in [1.29, 1.82) is 0 Å². The molecule has 0 N–H and O–H groups in total. The van der Waals surface area contributed by atoms with E-state index in [1.165, 1.54) is 6.42 Å². The van der Waals surface area contributed by atoms with Crippen LogP contribution in [0.1, 0.15) is 85.6 Å². The lowest BCUT2D eigenvalue weighted by molar-refractivity contribution is -0.139. The maximum absolute atomic E-state index is 14.6. The molecule has 0 unspecified atom stereocenters. The molecule has 228 valence electrons. The quantitative estimate of drug-likeness (QED) is 0.511. The number of anilines is 1. The van der Waals surface area contributed by atoms with Gasteiger partial charge in [0.15, 0.2) is 0 Å². The molecule has 4 saturated heterocycles. The number of piperidine rings is 1. The summed E-state index contributed by atoms with van der Waals surface area (Å²) in [5, 5.41) is 0. The van der Waals surface area contributed by atoms with Crippen molar-refractivity contribution in [2.24, 2.45) is 11.3 Å². The largest absolute Gasteiger partial charge is 0.494 e.